The van der Waals surface area contributed by atoms with Crippen LogP contribution in [0.5, 0.6) is 28.7 Å². The third-order valence-corrected chi connectivity index (χ3v) is 3.70. The SMILES string of the molecule is COc1cc(OC(=O)CCC(=O)Oc2ccc(Cl)cc2)cc(OC)c1OC. The second-order valence-corrected chi connectivity index (χ2v) is 5.70. The molecule has 0 saturated carbocycles. The van der Waals surface area contributed by atoms with Crippen LogP contribution in [0.25, 0.3) is 0 Å². The minimum atomic E-state index is -0.600. The molecule has 2 aromatic rings. The van der Waals surface area contributed by atoms with E-state index in [1.54, 1.807) is 24.3 Å². The minimum absolute atomic E-state index is 0.133. The number of benzene rings is 2. The summed E-state index contributed by atoms with van der Waals surface area (Å²) in [6.45, 7) is 0. The van der Waals surface area contributed by atoms with Crippen LogP contribution in [-0.4, -0.2) is 33.3 Å². The van der Waals surface area contributed by atoms with E-state index in [-0.39, 0.29) is 18.6 Å². The van der Waals surface area contributed by atoms with Crippen LogP contribution in [0.4, 0.5) is 0 Å². The highest BCUT2D eigenvalue weighted by atomic mass is 35.5. The van der Waals surface area contributed by atoms with Gasteiger partial charge < -0.3 is 23.7 Å². The van der Waals surface area contributed by atoms with E-state index < -0.39 is 11.9 Å². The molecule has 2 aromatic carbocycles. The number of carbonyl (C=O) groups excluding carboxylic acids is 2. The van der Waals surface area contributed by atoms with Crippen molar-refractivity contribution in [3.8, 4) is 28.7 Å². The van der Waals surface area contributed by atoms with Gasteiger partial charge in [-0.15, -0.1) is 0 Å². The van der Waals surface area contributed by atoms with E-state index in [9.17, 15) is 9.59 Å². The van der Waals surface area contributed by atoms with Crippen molar-refractivity contribution in [2.24, 2.45) is 0 Å². The van der Waals surface area contributed by atoms with Gasteiger partial charge in [-0.2, -0.15) is 0 Å². The number of esters is 2. The predicted molar refractivity (Wildman–Crippen MR) is 98.1 cm³/mol. The molecular weight excluding hydrogens is 376 g/mol. The maximum absolute atomic E-state index is 12.0. The predicted octanol–water partition coefficient (Wildman–Crippen LogP) is 3.66. The van der Waals surface area contributed by atoms with Gasteiger partial charge in [0.2, 0.25) is 5.75 Å². The van der Waals surface area contributed by atoms with Crippen LogP contribution >= 0.6 is 11.6 Å². The van der Waals surface area contributed by atoms with Crippen molar-refractivity contribution in [2.45, 2.75) is 12.8 Å². The van der Waals surface area contributed by atoms with Crippen molar-refractivity contribution in [3.05, 3.63) is 41.4 Å². The molecule has 0 bridgehead atoms. The smallest absolute Gasteiger partial charge is 0.311 e. The first-order valence-electron chi connectivity index (χ1n) is 7.93. The molecule has 144 valence electrons. The van der Waals surface area contributed by atoms with Gasteiger partial charge >= 0.3 is 11.9 Å². The molecule has 0 atom stereocenters. The topological polar surface area (TPSA) is 80.3 Å². The molecule has 0 radical (unpaired) electrons. The molecule has 0 fully saturated rings. The van der Waals surface area contributed by atoms with Crippen LogP contribution in [0.1, 0.15) is 12.8 Å². The lowest BCUT2D eigenvalue weighted by molar-refractivity contribution is -0.140. The molecule has 7 nitrogen and oxygen atoms in total. The highest BCUT2D eigenvalue weighted by Crippen LogP contribution is 2.40. The summed E-state index contributed by atoms with van der Waals surface area (Å²) in [5.74, 6) is 0.481. The fourth-order valence-electron chi connectivity index (χ4n) is 2.19. The molecule has 0 spiro atoms. The van der Waals surface area contributed by atoms with Gasteiger partial charge in [0.15, 0.2) is 11.5 Å². The summed E-state index contributed by atoms with van der Waals surface area (Å²) < 4.78 is 25.9. The molecular formula is C19H19ClO7. The second kappa shape index (κ2) is 9.68. The lowest BCUT2D eigenvalue weighted by atomic mass is 10.2. The standard InChI is InChI=1S/C19H19ClO7/c1-23-15-10-14(11-16(24-2)19(15)25-3)27-18(22)9-8-17(21)26-13-6-4-12(20)5-7-13/h4-7,10-11H,8-9H2,1-3H3. The molecule has 8 heteroatoms. The molecule has 0 unspecified atom stereocenters. The van der Waals surface area contributed by atoms with Gasteiger partial charge in [0.1, 0.15) is 11.5 Å². The van der Waals surface area contributed by atoms with Crippen molar-refractivity contribution < 1.29 is 33.3 Å². The van der Waals surface area contributed by atoms with E-state index in [1.165, 1.54) is 33.5 Å². The number of methoxy groups -OCH3 is 3. The Morgan fingerprint density at radius 3 is 1.70 bits per heavy atom. The van der Waals surface area contributed by atoms with Crippen LogP contribution in [-0.2, 0) is 9.59 Å². The van der Waals surface area contributed by atoms with E-state index in [2.05, 4.69) is 0 Å². The molecule has 0 aliphatic rings. The number of hydrogen-bond acceptors (Lipinski definition) is 7. The Morgan fingerprint density at radius 1 is 0.778 bits per heavy atom. The van der Waals surface area contributed by atoms with Crippen molar-refractivity contribution in [3.63, 3.8) is 0 Å². The Balaban J connectivity index is 1.93. The van der Waals surface area contributed by atoms with E-state index in [0.29, 0.717) is 28.0 Å². The number of halogens is 1. The molecule has 0 saturated heterocycles. The van der Waals surface area contributed by atoms with Crippen molar-refractivity contribution in [2.75, 3.05) is 21.3 Å². The summed E-state index contributed by atoms with van der Waals surface area (Å²) in [7, 11) is 4.38. The first-order chi connectivity index (χ1) is 13.0. The minimum Gasteiger partial charge on any atom is -0.493 e. The summed E-state index contributed by atoms with van der Waals surface area (Å²) in [4.78, 5) is 23.8. The quantitative estimate of drug-likeness (QED) is 0.499. The normalized spacial score (nSPS) is 10.1. The van der Waals surface area contributed by atoms with Gasteiger partial charge in [-0.3, -0.25) is 9.59 Å². The second-order valence-electron chi connectivity index (χ2n) is 5.26. The van der Waals surface area contributed by atoms with Gasteiger partial charge in [0.05, 0.1) is 34.2 Å². The summed E-state index contributed by atoms with van der Waals surface area (Å²) >= 11 is 5.76. The number of ether oxygens (including phenoxy) is 5. The third-order valence-electron chi connectivity index (χ3n) is 3.45. The van der Waals surface area contributed by atoms with Gasteiger partial charge in [-0.25, -0.2) is 0 Å². The average molecular weight is 395 g/mol. The summed E-state index contributed by atoms with van der Waals surface area (Å²) in [5.41, 5.74) is 0. The van der Waals surface area contributed by atoms with E-state index in [1.807, 2.05) is 0 Å². The van der Waals surface area contributed by atoms with Crippen LogP contribution in [0.3, 0.4) is 0 Å². The number of hydrogen-bond donors (Lipinski definition) is 0. The fraction of sp³-hybridized carbons (Fsp3) is 0.263. The Kier molecular flexibility index (Phi) is 7.31. The molecule has 0 heterocycles. The van der Waals surface area contributed by atoms with Gasteiger partial charge in [-0.05, 0) is 24.3 Å². The van der Waals surface area contributed by atoms with Crippen LogP contribution in [0, 0.1) is 0 Å². The third kappa shape index (κ3) is 5.79. The largest absolute Gasteiger partial charge is 0.493 e. The van der Waals surface area contributed by atoms with Crippen LogP contribution in [0.15, 0.2) is 36.4 Å². The molecule has 0 aliphatic heterocycles. The number of carbonyl (C=O) groups is 2. The maximum Gasteiger partial charge on any atom is 0.311 e. The Hall–Kier alpha value is -2.93. The Labute approximate surface area is 161 Å². The zero-order valence-electron chi connectivity index (χ0n) is 15.1. The van der Waals surface area contributed by atoms with Crippen molar-refractivity contribution >= 4 is 23.5 Å². The fourth-order valence-corrected chi connectivity index (χ4v) is 2.31. The average Bonchev–Trinajstić information content (AvgIpc) is 2.67. The lowest BCUT2D eigenvalue weighted by Gasteiger charge is -2.14. The molecule has 0 amide bonds. The highest BCUT2D eigenvalue weighted by molar-refractivity contribution is 6.30. The molecule has 27 heavy (non-hydrogen) atoms. The zero-order valence-corrected chi connectivity index (χ0v) is 15.9. The van der Waals surface area contributed by atoms with Crippen LogP contribution < -0.4 is 23.7 Å². The monoisotopic (exact) mass is 394 g/mol. The van der Waals surface area contributed by atoms with Crippen molar-refractivity contribution in [1.82, 2.24) is 0 Å². The first-order valence-corrected chi connectivity index (χ1v) is 8.31. The summed E-state index contributed by atoms with van der Waals surface area (Å²) in [6.07, 6.45) is -0.283. The van der Waals surface area contributed by atoms with E-state index >= 15 is 0 Å². The highest BCUT2D eigenvalue weighted by Gasteiger charge is 2.17. The van der Waals surface area contributed by atoms with Crippen LogP contribution in [0.2, 0.25) is 5.02 Å². The van der Waals surface area contributed by atoms with Gasteiger partial charge in [0, 0.05) is 17.2 Å². The Morgan fingerprint density at radius 2 is 1.26 bits per heavy atom. The van der Waals surface area contributed by atoms with E-state index in [4.69, 9.17) is 35.3 Å². The van der Waals surface area contributed by atoms with Gasteiger partial charge in [0.25, 0.3) is 0 Å². The van der Waals surface area contributed by atoms with Crippen molar-refractivity contribution in [1.29, 1.82) is 0 Å². The van der Waals surface area contributed by atoms with E-state index in [0.717, 1.165) is 0 Å². The Bertz CT molecular complexity index is 777. The summed E-state index contributed by atoms with van der Waals surface area (Å²) in [6, 6.07) is 9.31. The molecule has 0 N–H and O–H groups in total. The molecule has 0 aromatic heterocycles. The maximum atomic E-state index is 12.0. The summed E-state index contributed by atoms with van der Waals surface area (Å²) in [5, 5.41) is 0.531. The number of rotatable bonds is 8. The zero-order chi connectivity index (χ0) is 19.8. The molecule has 2 rings (SSSR count). The molecule has 0 aliphatic carbocycles. The lowest BCUT2D eigenvalue weighted by Crippen LogP contribution is -2.14. The first kappa shape index (κ1) is 20.4. The van der Waals surface area contributed by atoms with Gasteiger partial charge in [-0.1, -0.05) is 11.6 Å².